The molecule has 3 nitrogen and oxygen atoms in total. The van der Waals surface area contributed by atoms with E-state index in [1.807, 2.05) is 18.2 Å². The van der Waals surface area contributed by atoms with Crippen molar-refractivity contribution >= 4 is 23.6 Å². The molecule has 0 bridgehead atoms. The maximum atomic E-state index is 11.9. The highest BCUT2D eigenvalue weighted by molar-refractivity contribution is 7.79. The molecule has 0 aliphatic heterocycles. The molecule has 0 saturated carbocycles. The van der Waals surface area contributed by atoms with Crippen LogP contribution in [0.5, 0.6) is 0 Å². The second kappa shape index (κ2) is 6.75. The number of aromatic nitrogens is 1. The Morgan fingerprint density at radius 2 is 1.89 bits per heavy atom. The summed E-state index contributed by atoms with van der Waals surface area (Å²) in [7, 11) is 0. The number of pyridine rings is 1. The lowest BCUT2D eigenvalue weighted by Gasteiger charge is -2.12. The Balaban J connectivity index is 2.00. The molecule has 4 heteroatoms. The second-order valence-electron chi connectivity index (χ2n) is 3.94. The Morgan fingerprint density at radius 3 is 2.53 bits per heavy atom. The van der Waals surface area contributed by atoms with Crippen LogP contribution in [0.1, 0.15) is 15.9 Å². The van der Waals surface area contributed by atoms with Crippen molar-refractivity contribution < 1.29 is 9.53 Å². The monoisotopic (exact) mass is 270 g/mol. The lowest BCUT2D eigenvalue weighted by atomic mass is 10.1. The van der Waals surface area contributed by atoms with Gasteiger partial charge in [0.2, 0.25) is 0 Å². The third kappa shape index (κ3) is 3.96. The van der Waals surface area contributed by atoms with Gasteiger partial charge in [0, 0.05) is 18.8 Å². The van der Waals surface area contributed by atoms with Crippen molar-refractivity contribution in [3.63, 3.8) is 0 Å². The number of hydrogen-bond acceptors (Lipinski definition) is 4. The van der Waals surface area contributed by atoms with E-state index in [4.69, 9.17) is 17.0 Å². The number of carbonyl (C=O) groups is 1. The Labute approximate surface area is 117 Å². The number of thiocarbonyl (C=S) groups is 1. The second-order valence-corrected chi connectivity index (χ2v) is 4.17. The number of ether oxygens (including phenoxy) is 1. The number of nitrogens with zero attached hydrogens (tertiary/aromatic N) is 1. The lowest BCUT2D eigenvalue weighted by Crippen LogP contribution is -2.21. The zero-order chi connectivity index (χ0) is 13.5. The van der Waals surface area contributed by atoms with Crippen molar-refractivity contribution in [2.24, 2.45) is 0 Å². The average Bonchev–Trinajstić information content (AvgIpc) is 2.48. The summed E-state index contributed by atoms with van der Waals surface area (Å²) in [4.78, 5) is 15.8. The van der Waals surface area contributed by atoms with Crippen LogP contribution in [0.3, 0.4) is 0 Å². The van der Waals surface area contributed by atoms with Gasteiger partial charge in [0.05, 0.1) is 10.9 Å². The molecule has 0 saturated heterocycles. The van der Waals surface area contributed by atoms with E-state index in [2.05, 4.69) is 10.4 Å². The van der Waals surface area contributed by atoms with Crippen LogP contribution in [-0.4, -0.2) is 22.4 Å². The van der Waals surface area contributed by atoms with Gasteiger partial charge in [0.25, 0.3) is 0 Å². The molecule has 2 aromatic rings. The van der Waals surface area contributed by atoms with Crippen LogP contribution >= 0.6 is 12.2 Å². The van der Waals surface area contributed by atoms with Crippen LogP contribution in [0.4, 0.5) is 0 Å². The van der Waals surface area contributed by atoms with E-state index in [0.29, 0.717) is 12.0 Å². The van der Waals surface area contributed by atoms with Gasteiger partial charge in [-0.25, -0.2) is 4.79 Å². The van der Waals surface area contributed by atoms with Gasteiger partial charge >= 0.3 is 5.97 Å². The Bertz CT molecular complexity index is 543. The molecule has 1 radical (unpaired) electrons. The van der Waals surface area contributed by atoms with Gasteiger partial charge in [-0.2, -0.15) is 0 Å². The summed E-state index contributed by atoms with van der Waals surface area (Å²) in [6, 6.07) is 12.5. The molecule has 1 aromatic heterocycles. The van der Waals surface area contributed by atoms with Gasteiger partial charge < -0.3 is 4.74 Å². The van der Waals surface area contributed by atoms with E-state index in [1.54, 1.807) is 36.7 Å². The van der Waals surface area contributed by atoms with Gasteiger partial charge in [-0.3, -0.25) is 4.98 Å². The van der Waals surface area contributed by atoms with Crippen LogP contribution in [-0.2, 0) is 11.2 Å². The molecule has 1 unspecified atom stereocenters. The quantitative estimate of drug-likeness (QED) is 0.618. The van der Waals surface area contributed by atoms with Crippen LogP contribution in [0.25, 0.3) is 0 Å². The molecule has 2 rings (SSSR count). The summed E-state index contributed by atoms with van der Waals surface area (Å²) in [5.41, 5.74) is 1.51. The van der Waals surface area contributed by atoms with Gasteiger partial charge in [-0.1, -0.05) is 30.4 Å². The summed E-state index contributed by atoms with van der Waals surface area (Å²) < 4.78 is 5.32. The first-order valence-corrected chi connectivity index (χ1v) is 6.23. The van der Waals surface area contributed by atoms with E-state index in [1.165, 1.54) is 0 Å². The van der Waals surface area contributed by atoms with Crippen LogP contribution < -0.4 is 0 Å². The summed E-state index contributed by atoms with van der Waals surface area (Å²) in [5.74, 6) is -0.392. The fourth-order valence-electron chi connectivity index (χ4n) is 1.61. The predicted molar refractivity (Wildman–Crippen MR) is 76.2 cm³/mol. The number of hydrogen-bond donors (Lipinski definition) is 0. The van der Waals surface area contributed by atoms with E-state index < -0.39 is 12.1 Å². The van der Waals surface area contributed by atoms with Gasteiger partial charge in [0.1, 0.15) is 6.10 Å². The third-order valence-corrected chi connectivity index (χ3v) is 2.82. The molecule has 1 atom stereocenters. The summed E-state index contributed by atoms with van der Waals surface area (Å²) in [5, 5.41) is 2.57. The Morgan fingerprint density at radius 1 is 1.21 bits per heavy atom. The molecule has 1 aromatic carbocycles. The van der Waals surface area contributed by atoms with E-state index in [-0.39, 0.29) is 0 Å². The molecule has 19 heavy (non-hydrogen) atoms. The molecule has 0 amide bonds. The number of esters is 1. The first kappa shape index (κ1) is 13.4. The van der Waals surface area contributed by atoms with Gasteiger partial charge in [-0.15, -0.1) is 0 Å². The summed E-state index contributed by atoms with van der Waals surface area (Å²) >= 11 is 4.80. The van der Waals surface area contributed by atoms with E-state index in [9.17, 15) is 4.79 Å². The SMILES string of the molecule is O=C(OC([C]=S)Cc1ccncc1)c1ccccc1. The highest BCUT2D eigenvalue weighted by Gasteiger charge is 2.14. The van der Waals surface area contributed by atoms with E-state index in [0.717, 1.165) is 5.56 Å². The lowest BCUT2D eigenvalue weighted by molar-refractivity contribution is 0.0437. The number of carbonyl (C=O) groups excluding carboxylic acids is 1. The maximum absolute atomic E-state index is 11.9. The highest BCUT2D eigenvalue weighted by Crippen LogP contribution is 2.08. The predicted octanol–water partition coefficient (Wildman–Crippen LogP) is 2.73. The fourth-order valence-corrected chi connectivity index (χ4v) is 1.74. The molecular formula is C15H12NO2S. The third-order valence-electron chi connectivity index (χ3n) is 2.56. The van der Waals surface area contributed by atoms with Crippen molar-refractivity contribution in [3.05, 3.63) is 66.0 Å². The zero-order valence-electron chi connectivity index (χ0n) is 10.2. The van der Waals surface area contributed by atoms with Crippen molar-refractivity contribution in [3.8, 4) is 0 Å². The van der Waals surface area contributed by atoms with Gasteiger partial charge in [-0.05, 0) is 29.8 Å². The minimum absolute atomic E-state index is 0.392. The van der Waals surface area contributed by atoms with Crippen molar-refractivity contribution in [2.45, 2.75) is 12.5 Å². The van der Waals surface area contributed by atoms with Gasteiger partial charge in [0.15, 0.2) is 0 Å². The summed E-state index contributed by atoms with van der Waals surface area (Å²) in [6.45, 7) is 0. The standard InChI is InChI=1S/C15H12NO2S/c17-15(13-4-2-1-3-5-13)18-14(11-19)10-12-6-8-16-9-7-12/h1-9,14H,10H2. The highest BCUT2D eigenvalue weighted by atomic mass is 32.1. The zero-order valence-corrected chi connectivity index (χ0v) is 11.0. The topological polar surface area (TPSA) is 39.2 Å². The Hall–Kier alpha value is -2.07. The molecule has 0 fully saturated rings. The fraction of sp³-hybridized carbons (Fsp3) is 0.133. The molecule has 0 spiro atoms. The average molecular weight is 270 g/mol. The Kier molecular flexibility index (Phi) is 4.75. The maximum Gasteiger partial charge on any atom is 0.338 e. The first-order chi connectivity index (χ1) is 9.29. The molecule has 0 aliphatic rings. The minimum Gasteiger partial charge on any atom is -0.453 e. The van der Waals surface area contributed by atoms with Crippen molar-refractivity contribution in [2.75, 3.05) is 0 Å². The molecular weight excluding hydrogens is 258 g/mol. The number of rotatable bonds is 5. The normalized spacial score (nSPS) is 11.6. The largest absolute Gasteiger partial charge is 0.453 e. The summed E-state index contributed by atoms with van der Waals surface area (Å²) in [6.07, 6.45) is 3.35. The van der Waals surface area contributed by atoms with Crippen molar-refractivity contribution in [1.82, 2.24) is 4.98 Å². The van der Waals surface area contributed by atoms with Crippen LogP contribution in [0.15, 0.2) is 54.9 Å². The molecule has 0 aliphatic carbocycles. The van der Waals surface area contributed by atoms with Crippen LogP contribution in [0, 0.1) is 0 Å². The molecule has 0 N–H and O–H groups in total. The number of benzene rings is 1. The minimum atomic E-state index is -0.537. The molecule has 1 heterocycles. The molecule has 95 valence electrons. The van der Waals surface area contributed by atoms with Crippen molar-refractivity contribution in [1.29, 1.82) is 0 Å². The first-order valence-electron chi connectivity index (χ1n) is 5.82. The van der Waals surface area contributed by atoms with Crippen LogP contribution in [0.2, 0.25) is 0 Å². The van der Waals surface area contributed by atoms with E-state index >= 15 is 0 Å². The smallest absolute Gasteiger partial charge is 0.338 e.